The van der Waals surface area contributed by atoms with Crippen LogP contribution in [0.3, 0.4) is 0 Å². The van der Waals surface area contributed by atoms with Crippen LogP contribution in [0.2, 0.25) is 0 Å². The molecule has 28 heavy (non-hydrogen) atoms. The summed E-state index contributed by atoms with van der Waals surface area (Å²) >= 11 is 0. The highest BCUT2D eigenvalue weighted by Crippen LogP contribution is 2.54. The Morgan fingerprint density at radius 2 is 1.11 bits per heavy atom. The molecule has 2 aromatic rings. The lowest BCUT2D eigenvalue weighted by Gasteiger charge is -2.50. The second-order valence-electron chi connectivity index (χ2n) is 8.81. The lowest BCUT2D eigenvalue weighted by molar-refractivity contribution is 0.133. The fourth-order valence-corrected chi connectivity index (χ4v) is 6.16. The molecule has 0 saturated heterocycles. The van der Waals surface area contributed by atoms with Gasteiger partial charge in [0.1, 0.15) is 11.5 Å². The van der Waals surface area contributed by atoms with Gasteiger partial charge in [-0.1, -0.05) is 62.8 Å². The molecule has 4 rings (SSSR count). The third-order valence-electron chi connectivity index (χ3n) is 7.41. The average Bonchev–Trinajstić information content (AvgIpc) is 2.77. The fraction of sp³-hybridized carbons (Fsp3) is 0.538. The molecular formula is C26H34O2. The number of hydrogen-bond acceptors (Lipinski definition) is 2. The van der Waals surface area contributed by atoms with Crippen molar-refractivity contribution >= 4 is 0 Å². The molecule has 2 aromatic carbocycles. The van der Waals surface area contributed by atoms with Crippen LogP contribution in [0.25, 0.3) is 0 Å². The molecule has 0 radical (unpaired) electrons. The van der Waals surface area contributed by atoms with Crippen molar-refractivity contribution < 1.29 is 9.84 Å². The zero-order chi connectivity index (χ0) is 19.4. The highest BCUT2D eigenvalue weighted by atomic mass is 16.5. The quantitative estimate of drug-likeness (QED) is 0.616. The zero-order valence-electron chi connectivity index (χ0n) is 17.2. The largest absolute Gasteiger partial charge is 0.508 e. The number of hydrogen-bond donors (Lipinski definition) is 1. The highest BCUT2D eigenvalue weighted by Gasteiger charge is 2.48. The monoisotopic (exact) mass is 378 g/mol. The van der Waals surface area contributed by atoms with E-state index in [9.17, 15) is 5.11 Å². The molecule has 2 saturated carbocycles. The van der Waals surface area contributed by atoms with Crippen molar-refractivity contribution in [1.82, 2.24) is 0 Å². The molecule has 0 spiro atoms. The summed E-state index contributed by atoms with van der Waals surface area (Å²) in [6.07, 6.45) is 13.3. The summed E-state index contributed by atoms with van der Waals surface area (Å²) < 4.78 is 5.46. The van der Waals surface area contributed by atoms with Crippen LogP contribution in [0.1, 0.15) is 75.3 Å². The number of phenols is 1. The Bertz CT molecular complexity index is 717. The summed E-state index contributed by atoms with van der Waals surface area (Å²) in [7, 11) is 1.74. The van der Waals surface area contributed by atoms with Crippen molar-refractivity contribution in [2.45, 2.75) is 69.6 Å². The van der Waals surface area contributed by atoms with Gasteiger partial charge in [0.05, 0.1) is 7.11 Å². The Kier molecular flexibility index (Phi) is 5.94. The molecule has 0 aliphatic heterocycles. The number of rotatable bonds is 5. The molecular weight excluding hydrogens is 344 g/mol. The maximum atomic E-state index is 9.97. The van der Waals surface area contributed by atoms with Crippen LogP contribution >= 0.6 is 0 Å². The SMILES string of the molecule is COc1ccc(C(c2ccc(O)cc2)(C2CCCCC2)C2CCCCC2)cc1. The number of ether oxygens (including phenoxy) is 1. The van der Waals surface area contributed by atoms with Gasteiger partial charge in [0.2, 0.25) is 0 Å². The Morgan fingerprint density at radius 3 is 1.54 bits per heavy atom. The minimum Gasteiger partial charge on any atom is -0.508 e. The molecule has 2 nitrogen and oxygen atoms in total. The Morgan fingerprint density at radius 1 is 0.679 bits per heavy atom. The first-order chi connectivity index (χ1) is 13.7. The van der Waals surface area contributed by atoms with Gasteiger partial charge in [-0.25, -0.2) is 0 Å². The molecule has 0 aromatic heterocycles. The van der Waals surface area contributed by atoms with E-state index in [2.05, 4.69) is 36.4 Å². The van der Waals surface area contributed by atoms with Crippen molar-refractivity contribution in [3.8, 4) is 11.5 Å². The Balaban J connectivity index is 1.89. The molecule has 150 valence electrons. The summed E-state index contributed by atoms with van der Waals surface area (Å²) in [5.74, 6) is 2.62. The van der Waals surface area contributed by atoms with E-state index in [4.69, 9.17) is 4.74 Å². The Labute approximate surface area is 169 Å². The van der Waals surface area contributed by atoms with Gasteiger partial charge in [-0.2, -0.15) is 0 Å². The van der Waals surface area contributed by atoms with Crippen molar-refractivity contribution in [2.75, 3.05) is 7.11 Å². The highest BCUT2D eigenvalue weighted by molar-refractivity contribution is 5.45. The van der Waals surface area contributed by atoms with Crippen LogP contribution in [0, 0.1) is 11.8 Å². The van der Waals surface area contributed by atoms with Gasteiger partial charge in [0, 0.05) is 5.41 Å². The summed E-state index contributed by atoms with van der Waals surface area (Å²) in [5, 5.41) is 9.97. The summed E-state index contributed by atoms with van der Waals surface area (Å²) in [4.78, 5) is 0. The van der Waals surface area contributed by atoms with Gasteiger partial charge in [0.25, 0.3) is 0 Å². The van der Waals surface area contributed by atoms with Crippen LogP contribution in [-0.4, -0.2) is 12.2 Å². The van der Waals surface area contributed by atoms with E-state index in [1.54, 1.807) is 7.11 Å². The van der Waals surface area contributed by atoms with Gasteiger partial charge < -0.3 is 9.84 Å². The van der Waals surface area contributed by atoms with Crippen molar-refractivity contribution in [2.24, 2.45) is 11.8 Å². The van der Waals surface area contributed by atoms with Crippen LogP contribution in [0.15, 0.2) is 48.5 Å². The minimum atomic E-state index is 0.0425. The molecule has 0 unspecified atom stereocenters. The summed E-state index contributed by atoms with van der Waals surface area (Å²) in [6.45, 7) is 0. The normalized spacial score (nSPS) is 19.5. The van der Waals surface area contributed by atoms with Crippen LogP contribution in [0.5, 0.6) is 11.5 Å². The first-order valence-electron chi connectivity index (χ1n) is 11.2. The number of phenolic OH excluding ortho intramolecular Hbond substituents is 1. The standard InChI is InChI=1S/C26H34O2/c1-28-25-18-14-23(15-19-25)26(20-8-4-2-5-9-20,21-10-6-3-7-11-21)22-12-16-24(27)17-13-22/h12-21,27H,2-11H2,1H3. The number of benzene rings is 2. The second kappa shape index (κ2) is 8.59. The predicted molar refractivity (Wildman–Crippen MR) is 115 cm³/mol. The number of aromatic hydroxyl groups is 1. The van der Waals surface area contributed by atoms with Crippen molar-refractivity contribution in [3.63, 3.8) is 0 Å². The van der Waals surface area contributed by atoms with E-state index in [1.165, 1.54) is 75.3 Å². The molecule has 2 aliphatic rings. The maximum Gasteiger partial charge on any atom is 0.118 e. The van der Waals surface area contributed by atoms with E-state index >= 15 is 0 Å². The van der Waals surface area contributed by atoms with Crippen molar-refractivity contribution in [1.29, 1.82) is 0 Å². The summed E-state index contributed by atoms with van der Waals surface area (Å²) in [5.41, 5.74) is 2.88. The second-order valence-corrected chi connectivity index (χ2v) is 8.81. The maximum absolute atomic E-state index is 9.97. The first-order valence-corrected chi connectivity index (χ1v) is 11.2. The lowest BCUT2D eigenvalue weighted by Crippen LogP contribution is -2.45. The molecule has 0 heterocycles. The van der Waals surface area contributed by atoms with Crippen LogP contribution < -0.4 is 4.74 Å². The third-order valence-corrected chi connectivity index (χ3v) is 7.41. The third kappa shape index (κ3) is 3.54. The van der Waals surface area contributed by atoms with Gasteiger partial charge in [-0.3, -0.25) is 0 Å². The van der Waals surface area contributed by atoms with Gasteiger partial charge in [-0.05, 0) is 72.9 Å². The van der Waals surface area contributed by atoms with E-state index in [0.717, 1.165) is 5.75 Å². The summed E-state index contributed by atoms with van der Waals surface area (Å²) in [6, 6.07) is 17.1. The molecule has 2 aliphatic carbocycles. The van der Waals surface area contributed by atoms with Crippen molar-refractivity contribution in [3.05, 3.63) is 59.7 Å². The minimum absolute atomic E-state index is 0.0425. The van der Waals surface area contributed by atoms with E-state index in [1.807, 2.05) is 12.1 Å². The smallest absolute Gasteiger partial charge is 0.118 e. The molecule has 0 amide bonds. The van der Waals surface area contributed by atoms with E-state index in [0.29, 0.717) is 17.6 Å². The fourth-order valence-electron chi connectivity index (χ4n) is 6.16. The molecule has 1 N–H and O–H groups in total. The van der Waals surface area contributed by atoms with Gasteiger partial charge >= 0.3 is 0 Å². The van der Waals surface area contributed by atoms with E-state index in [-0.39, 0.29) is 5.41 Å². The topological polar surface area (TPSA) is 29.5 Å². The first kappa shape index (κ1) is 19.4. The van der Waals surface area contributed by atoms with E-state index < -0.39 is 0 Å². The molecule has 0 bridgehead atoms. The molecule has 2 fully saturated rings. The predicted octanol–water partition coefficient (Wildman–Crippen LogP) is 6.85. The molecule has 0 atom stereocenters. The van der Waals surface area contributed by atoms with Crippen LogP contribution in [0.4, 0.5) is 0 Å². The zero-order valence-corrected chi connectivity index (χ0v) is 17.2. The van der Waals surface area contributed by atoms with Gasteiger partial charge in [0.15, 0.2) is 0 Å². The molecule has 2 heteroatoms. The number of methoxy groups -OCH3 is 1. The van der Waals surface area contributed by atoms with Crippen LogP contribution in [-0.2, 0) is 5.41 Å². The average molecular weight is 379 g/mol. The Hall–Kier alpha value is -1.96. The lowest BCUT2D eigenvalue weighted by atomic mass is 9.53. The van der Waals surface area contributed by atoms with Gasteiger partial charge in [-0.15, -0.1) is 0 Å².